The van der Waals surface area contributed by atoms with Gasteiger partial charge in [-0.3, -0.25) is 4.79 Å². The van der Waals surface area contributed by atoms with E-state index < -0.39 is 41.7 Å². The van der Waals surface area contributed by atoms with E-state index in [0.717, 1.165) is 0 Å². The van der Waals surface area contributed by atoms with Gasteiger partial charge in [0.05, 0.1) is 6.61 Å². The summed E-state index contributed by atoms with van der Waals surface area (Å²) in [6.45, 7) is 7.50. The van der Waals surface area contributed by atoms with E-state index in [2.05, 4.69) is 10.6 Å². The van der Waals surface area contributed by atoms with E-state index in [0.29, 0.717) is 6.61 Å². The van der Waals surface area contributed by atoms with E-state index >= 15 is 0 Å². The standard InChI is InChI=1S/C14H20N2O6S/c1-12(2)18-5-6(20-12)7-14(10(17)15-11(23)16-14)8-9(19-7)22-13(3,4)21-8/h6-9H,5H2,1-4H3,(H2,15,16,17,23)/t6-,7-,8+,9-,14+/m1/s1. The van der Waals surface area contributed by atoms with Gasteiger partial charge in [0.1, 0.15) is 18.3 Å². The summed E-state index contributed by atoms with van der Waals surface area (Å²) >= 11 is 5.13. The Balaban J connectivity index is 1.70. The molecule has 0 aromatic carbocycles. The van der Waals surface area contributed by atoms with Crippen LogP contribution in [-0.4, -0.2) is 59.3 Å². The number of nitrogens with one attached hydrogen (secondary N) is 2. The molecule has 0 bridgehead atoms. The van der Waals surface area contributed by atoms with Crippen molar-refractivity contribution >= 4 is 23.2 Å². The Bertz CT molecular complexity index is 582. The summed E-state index contributed by atoms with van der Waals surface area (Å²) in [4.78, 5) is 12.7. The van der Waals surface area contributed by atoms with Gasteiger partial charge >= 0.3 is 0 Å². The van der Waals surface area contributed by atoms with E-state index in [1.807, 2.05) is 13.8 Å². The summed E-state index contributed by atoms with van der Waals surface area (Å²) < 4.78 is 29.3. The van der Waals surface area contributed by atoms with Gasteiger partial charge in [0.15, 0.2) is 28.5 Å². The van der Waals surface area contributed by atoms with Crippen molar-refractivity contribution in [1.29, 1.82) is 0 Å². The minimum absolute atomic E-state index is 0.246. The van der Waals surface area contributed by atoms with Gasteiger partial charge in [-0.2, -0.15) is 0 Å². The summed E-state index contributed by atoms with van der Waals surface area (Å²) in [7, 11) is 0. The number of carbonyl (C=O) groups excluding carboxylic acids is 1. The molecule has 23 heavy (non-hydrogen) atoms. The summed E-state index contributed by atoms with van der Waals surface area (Å²) in [5, 5.41) is 5.93. The third kappa shape index (κ3) is 2.22. The summed E-state index contributed by atoms with van der Waals surface area (Å²) in [6, 6.07) is 0. The lowest BCUT2D eigenvalue weighted by Crippen LogP contribution is -2.64. The second-order valence-electron chi connectivity index (χ2n) is 7.13. The summed E-state index contributed by atoms with van der Waals surface area (Å²) in [6.07, 6.45) is -2.39. The largest absolute Gasteiger partial charge is 0.348 e. The molecule has 0 radical (unpaired) electrons. The minimum Gasteiger partial charge on any atom is -0.348 e. The topological polar surface area (TPSA) is 87.3 Å². The van der Waals surface area contributed by atoms with E-state index in [9.17, 15) is 4.79 Å². The maximum Gasteiger partial charge on any atom is 0.257 e. The lowest BCUT2D eigenvalue weighted by atomic mass is 9.85. The Kier molecular flexibility index (Phi) is 3.15. The Morgan fingerprint density at radius 2 is 1.83 bits per heavy atom. The van der Waals surface area contributed by atoms with Crippen LogP contribution in [0.2, 0.25) is 0 Å². The zero-order valence-electron chi connectivity index (χ0n) is 13.4. The highest BCUT2D eigenvalue weighted by Crippen LogP contribution is 2.47. The van der Waals surface area contributed by atoms with E-state index in [4.69, 9.17) is 35.9 Å². The van der Waals surface area contributed by atoms with Crippen LogP contribution in [0.4, 0.5) is 0 Å². The molecule has 4 heterocycles. The minimum atomic E-state index is -1.19. The number of carbonyl (C=O) groups is 1. The van der Waals surface area contributed by atoms with Crippen molar-refractivity contribution in [3.8, 4) is 0 Å². The van der Waals surface area contributed by atoms with E-state index in [1.165, 1.54) is 0 Å². The van der Waals surface area contributed by atoms with Crippen molar-refractivity contribution in [2.75, 3.05) is 6.61 Å². The van der Waals surface area contributed by atoms with Gasteiger partial charge in [-0.05, 0) is 39.9 Å². The van der Waals surface area contributed by atoms with Crippen LogP contribution >= 0.6 is 12.2 Å². The highest BCUT2D eigenvalue weighted by Gasteiger charge is 2.72. The van der Waals surface area contributed by atoms with Crippen LogP contribution in [0.15, 0.2) is 0 Å². The number of ether oxygens (including phenoxy) is 5. The van der Waals surface area contributed by atoms with Crippen molar-refractivity contribution in [2.45, 2.75) is 69.4 Å². The highest BCUT2D eigenvalue weighted by molar-refractivity contribution is 7.80. The summed E-state index contributed by atoms with van der Waals surface area (Å²) in [5.41, 5.74) is -1.19. The van der Waals surface area contributed by atoms with Crippen LogP contribution in [0.3, 0.4) is 0 Å². The van der Waals surface area contributed by atoms with E-state index in [1.54, 1.807) is 13.8 Å². The van der Waals surface area contributed by atoms with E-state index in [-0.39, 0.29) is 11.0 Å². The van der Waals surface area contributed by atoms with Crippen molar-refractivity contribution in [3.05, 3.63) is 0 Å². The quantitative estimate of drug-likeness (QED) is 0.630. The number of amides is 1. The van der Waals surface area contributed by atoms with Crippen molar-refractivity contribution < 1.29 is 28.5 Å². The van der Waals surface area contributed by atoms with Gasteiger partial charge in [-0.1, -0.05) is 0 Å². The molecule has 5 atom stereocenters. The zero-order chi connectivity index (χ0) is 16.6. The van der Waals surface area contributed by atoms with Crippen molar-refractivity contribution in [1.82, 2.24) is 10.6 Å². The first-order valence-electron chi connectivity index (χ1n) is 7.59. The van der Waals surface area contributed by atoms with Gasteiger partial charge in [0.25, 0.3) is 5.91 Å². The van der Waals surface area contributed by atoms with Crippen LogP contribution in [0, 0.1) is 0 Å². The van der Waals surface area contributed by atoms with Crippen LogP contribution in [-0.2, 0) is 28.5 Å². The number of hydrogen-bond donors (Lipinski definition) is 2. The molecule has 1 amide bonds. The van der Waals surface area contributed by atoms with Crippen LogP contribution in [0.1, 0.15) is 27.7 Å². The summed E-state index contributed by atoms with van der Waals surface area (Å²) in [5.74, 6) is -1.87. The zero-order valence-corrected chi connectivity index (χ0v) is 14.2. The predicted molar refractivity (Wildman–Crippen MR) is 80.2 cm³/mol. The Morgan fingerprint density at radius 3 is 2.39 bits per heavy atom. The normalized spacial score (nSPS) is 47.0. The maximum atomic E-state index is 12.7. The first-order chi connectivity index (χ1) is 10.6. The number of rotatable bonds is 1. The molecular weight excluding hydrogens is 324 g/mol. The average Bonchev–Trinajstić information content (AvgIpc) is 3.06. The van der Waals surface area contributed by atoms with Gasteiger partial charge in [0.2, 0.25) is 0 Å². The van der Waals surface area contributed by atoms with Crippen molar-refractivity contribution in [2.24, 2.45) is 0 Å². The molecule has 8 nitrogen and oxygen atoms in total. The fraction of sp³-hybridized carbons (Fsp3) is 0.857. The van der Waals surface area contributed by atoms with Crippen LogP contribution in [0.25, 0.3) is 0 Å². The molecular formula is C14H20N2O6S. The third-order valence-corrected chi connectivity index (χ3v) is 4.73. The molecule has 4 aliphatic rings. The maximum absolute atomic E-state index is 12.7. The molecule has 2 N–H and O–H groups in total. The van der Waals surface area contributed by atoms with Crippen LogP contribution in [0.5, 0.6) is 0 Å². The monoisotopic (exact) mass is 344 g/mol. The van der Waals surface area contributed by atoms with Gasteiger partial charge in [0, 0.05) is 0 Å². The highest BCUT2D eigenvalue weighted by atomic mass is 32.1. The van der Waals surface area contributed by atoms with Gasteiger partial charge in [-0.25, -0.2) is 0 Å². The molecule has 1 spiro atoms. The van der Waals surface area contributed by atoms with Gasteiger partial charge < -0.3 is 34.3 Å². The molecule has 0 aromatic heterocycles. The Morgan fingerprint density at radius 1 is 1.09 bits per heavy atom. The predicted octanol–water partition coefficient (Wildman–Crippen LogP) is -0.243. The fourth-order valence-corrected chi connectivity index (χ4v) is 3.94. The number of hydrogen-bond acceptors (Lipinski definition) is 7. The molecule has 9 heteroatoms. The van der Waals surface area contributed by atoms with Crippen LogP contribution < -0.4 is 10.6 Å². The molecule has 4 rings (SSSR count). The SMILES string of the molecule is CC1(C)OC[C@H]([C@H]2O[C@@H]3OC(C)(C)O[C@@H]3[C@@]23NC(=S)NC3=O)O1. The van der Waals surface area contributed by atoms with Crippen molar-refractivity contribution in [3.63, 3.8) is 0 Å². The third-order valence-electron chi connectivity index (χ3n) is 4.53. The molecule has 4 aliphatic heterocycles. The first kappa shape index (κ1) is 15.7. The lowest BCUT2D eigenvalue weighted by Gasteiger charge is -2.34. The lowest BCUT2D eigenvalue weighted by molar-refractivity contribution is -0.228. The average molecular weight is 344 g/mol. The molecule has 4 saturated heterocycles. The second-order valence-corrected chi connectivity index (χ2v) is 7.53. The Labute approximate surface area is 139 Å². The molecule has 0 aromatic rings. The molecule has 0 unspecified atom stereocenters. The number of fused-ring (bicyclic) bond motifs is 2. The smallest absolute Gasteiger partial charge is 0.257 e. The molecule has 0 aliphatic carbocycles. The first-order valence-corrected chi connectivity index (χ1v) is 8.00. The second kappa shape index (κ2) is 4.62. The number of thiocarbonyl (C=S) groups is 1. The Hall–Kier alpha value is -0.840. The molecule has 4 fully saturated rings. The molecule has 0 saturated carbocycles. The molecule has 128 valence electrons. The fourth-order valence-electron chi connectivity index (χ4n) is 3.68. The van der Waals surface area contributed by atoms with Gasteiger partial charge in [-0.15, -0.1) is 0 Å².